The van der Waals surface area contributed by atoms with Gasteiger partial charge in [0.25, 0.3) is 0 Å². The number of rotatable bonds is 4. The predicted octanol–water partition coefficient (Wildman–Crippen LogP) is 2.19. The van der Waals surface area contributed by atoms with Gasteiger partial charge in [-0.3, -0.25) is 15.0 Å². The van der Waals surface area contributed by atoms with E-state index in [1.807, 2.05) is 45.0 Å². The number of esters is 1. The van der Waals surface area contributed by atoms with Crippen LogP contribution in [0.5, 0.6) is 0 Å². The van der Waals surface area contributed by atoms with Gasteiger partial charge in [-0.05, 0) is 38.0 Å². The van der Waals surface area contributed by atoms with Crippen LogP contribution in [0.4, 0.5) is 4.79 Å². The summed E-state index contributed by atoms with van der Waals surface area (Å²) in [4.78, 5) is 36.2. The Balaban J connectivity index is 2.14. The quantitative estimate of drug-likeness (QED) is 0.807. The van der Waals surface area contributed by atoms with Gasteiger partial charge in [-0.2, -0.15) is 0 Å². The molecule has 0 radical (unpaired) electrons. The zero-order chi connectivity index (χ0) is 19.5. The maximum atomic E-state index is 12.6. The number of allylic oxidation sites excluding steroid dienone is 1. The van der Waals surface area contributed by atoms with Gasteiger partial charge in [0.2, 0.25) is 5.91 Å². The summed E-state index contributed by atoms with van der Waals surface area (Å²) in [5.74, 6) is -1.58. The Hall–Kier alpha value is -2.83. The van der Waals surface area contributed by atoms with E-state index >= 15 is 0 Å². The maximum absolute atomic E-state index is 12.6. The van der Waals surface area contributed by atoms with Crippen LogP contribution in [0.25, 0.3) is 5.57 Å². The third kappa shape index (κ3) is 4.41. The van der Waals surface area contributed by atoms with Crippen LogP contribution >= 0.6 is 0 Å². The van der Waals surface area contributed by atoms with E-state index in [2.05, 4.69) is 22.1 Å². The summed E-state index contributed by atoms with van der Waals surface area (Å²) in [5.41, 5.74) is 4.62. The molecule has 1 unspecified atom stereocenters. The second kappa shape index (κ2) is 7.59. The second-order valence-electron chi connectivity index (χ2n) is 6.99. The van der Waals surface area contributed by atoms with Crippen molar-refractivity contribution in [3.8, 4) is 0 Å². The number of urea groups is 1. The first kappa shape index (κ1) is 19.5. The van der Waals surface area contributed by atoms with Gasteiger partial charge in [-0.15, -0.1) is 0 Å². The number of nitrogens with one attached hydrogen (secondary N) is 2. The summed E-state index contributed by atoms with van der Waals surface area (Å²) in [6.45, 7) is 9.65. The topological polar surface area (TPSA) is 87.7 Å². The average Bonchev–Trinajstić information content (AvgIpc) is 2.60. The third-order valence-corrected chi connectivity index (χ3v) is 4.37. The highest BCUT2D eigenvalue weighted by molar-refractivity contribution is 5.87. The molecule has 1 aromatic carbocycles. The molecule has 3 amide bonds. The van der Waals surface area contributed by atoms with Crippen molar-refractivity contribution >= 4 is 23.5 Å². The van der Waals surface area contributed by atoms with Gasteiger partial charge in [-0.1, -0.05) is 30.4 Å². The first-order valence-corrected chi connectivity index (χ1v) is 8.37. The minimum atomic E-state index is -0.689. The molecule has 2 rings (SSSR count). The standard InChI is InChI=1S/C19H25N3O4/c1-12(2)13-7-6-8-15(9-13)19(3,4)20-18(25)22-11-14(17(24)26-5)10-16(23)21-22/h6-9,14H,1,10-11H2,2-5H3,(H,20,25)(H,21,23). The lowest BCUT2D eigenvalue weighted by molar-refractivity contribution is -0.151. The first-order chi connectivity index (χ1) is 12.1. The number of benzene rings is 1. The Morgan fingerprint density at radius 3 is 2.69 bits per heavy atom. The van der Waals surface area contributed by atoms with E-state index in [0.29, 0.717) is 0 Å². The van der Waals surface area contributed by atoms with Gasteiger partial charge in [-0.25, -0.2) is 9.80 Å². The molecule has 1 atom stereocenters. The fourth-order valence-corrected chi connectivity index (χ4v) is 2.79. The van der Waals surface area contributed by atoms with Crippen molar-refractivity contribution in [2.24, 2.45) is 5.92 Å². The molecule has 1 aromatic rings. The molecule has 0 bridgehead atoms. The molecule has 0 spiro atoms. The van der Waals surface area contributed by atoms with Gasteiger partial charge in [0.05, 0.1) is 25.1 Å². The molecule has 2 N–H and O–H groups in total. The summed E-state index contributed by atoms with van der Waals surface area (Å²) in [7, 11) is 1.26. The monoisotopic (exact) mass is 359 g/mol. The van der Waals surface area contributed by atoms with Crippen LogP contribution in [0.2, 0.25) is 0 Å². The highest BCUT2D eigenvalue weighted by Gasteiger charge is 2.35. The number of carbonyl (C=O) groups excluding carboxylic acids is 3. The Labute approximate surface area is 153 Å². The van der Waals surface area contributed by atoms with Crippen LogP contribution in [0.3, 0.4) is 0 Å². The van der Waals surface area contributed by atoms with Gasteiger partial charge in [0.1, 0.15) is 0 Å². The number of carbonyl (C=O) groups is 3. The van der Waals surface area contributed by atoms with Crippen molar-refractivity contribution < 1.29 is 19.1 Å². The summed E-state index contributed by atoms with van der Waals surface area (Å²) in [6.07, 6.45) is 0.000499. The van der Waals surface area contributed by atoms with E-state index in [1.54, 1.807) is 0 Å². The Morgan fingerprint density at radius 1 is 1.38 bits per heavy atom. The van der Waals surface area contributed by atoms with Crippen molar-refractivity contribution in [2.75, 3.05) is 13.7 Å². The third-order valence-electron chi connectivity index (χ3n) is 4.37. The number of amides is 3. The second-order valence-corrected chi connectivity index (χ2v) is 6.99. The normalized spacial score (nSPS) is 17.3. The van der Waals surface area contributed by atoms with E-state index in [9.17, 15) is 14.4 Å². The lowest BCUT2D eigenvalue weighted by Crippen LogP contribution is -2.59. The molecule has 7 heteroatoms. The Morgan fingerprint density at radius 2 is 2.08 bits per heavy atom. The van der Waals surface area contributed by atoms with Crippen LogP contribution in [0.15, 0.2) is 30.8 Å². The van der Waals surface area contributed by atoms with Crippen molar-refractivity contribution in [1.29, 1.82) is 0 Å². The zero-order valence-electron chi connectivity index (χ0n) is 15.6. The number of hydrogen-bond acceptors (Lipinski definition) is 4. The smallest absolute Gasteiger partial charge is 0.336 e. The number of hydrazine groups is 1. The largest absolute Gasteiger partial charge is 0.469 e. The Bertz CT molecular complexity index is 742. The van der Waals surface area contributed by atoms with E-state index in [-0.39, 0.29) is 13.0 Å². The van der Waals surface area contributed by atoms with Crippen molar-refractivity contribution in [2.45, 2.75) is 32.7 Å². The molecule has 1 heterocycles. The molecule has 1 saturated heterocycles. The minimum Gasteiger partial charge on any atom is -0.469 e. The molecule has 1 fully saturated rings. The van der Waals surface area contributed by atoms with Gasteiger partial charge >= 0.3 is 12.0 Å². The van der Waals surface area contributed by atoms with Crippen molar-refractivity contribution in [1.82, 2.24) is 15.8 Å². The maximum Gasteiger partial charge on any atom is 0.336 e. The fraction of sp³-hybridized carbons (Fsp3) is 0.421. The van der Waals surface area contributed by atoms with Crippen LogP contribution in [-0.2, 0) is 19.9 Å². The molecule has 0 saturated carbocycles. The minimum absolute atomic E-state index is 0.000499. The van der Waals surface area contributed by atoms with E-state index < -0.39 is 29.4 Å². The molecule has 1 aliphatic rings. The van der Waals surface area contributed by atoms with E-state index in [0.717, 1.165) is 21.7 Å². The summed E-state index contributed by atoms with van der Waals surface area (Å²) in [6, 6.07) is 7.25. The molecule has 1 aliphatic heterocycles. The summed E-state index contributed by atoms with van der Waals surface area (Å²) in [5, 5.41) is 4.02. The Kier molecular flexibility index (Phi) is 5.69. The van der Waals surface area contributed by atoms with Crippen molar-refractivity contribution in [3.63, 3.8) is 0 Å². The number of nitrogens with zero attached hydrogens (tertiary/aromatic N) is 1. The average molecular weight is 359 g/mol. The van der Waals surface area contributed by atoms with Crippen LogP contribution in [0, 0.1) is 5.92 Å². The predicted molar refractivity (Wildman–Crippen MR) is 97.7 cm³/mol. The summed E-state index contributed by atoms with van der Waals surface area (Å²) >= 11 is 0. The SMILES string of the molecule is C=C(C)c1cccc(C(C)(C)NC(=O)N2CC(C(=O)OC)CC(=O)N2)c1. The molecule has 26 heavy (non-hydrogen) atoms. The van der Waals surface area contributed by atoms with Gasteiger partial charge in [0.15, 0.2) is 0 Å². The van der Waals surface area contributed by atoms with E-state index in [1.165, 1.54) is 7.11 Å². The number of hydrogen-bond donors (Lipinski definition) is 2. The van der Waals surface area contributed by atoms with Crippen molar-refractivity contribution in [3.05, 3.63) is 42.0 Å². The fourth-order valence-electron chi connectivity index (χ4n) is 2.79. The van der Waals surface area contributed by atoms with Crippen LogP contribution < -0.4 is 10.7 Å². The van der Waals surface area contributed by atoms with E-state index in [4.69, 9.17) is 0 Å². The molecule has 7 nitrogen and oxygen atoms in total. The van der Waals surface area contributed by atoms with Crippen LogP contribution in [-0.4, -0.2) is 36.6 Å². The first-order valence-electron chi connectivity index (χ1n) is 8.37. The molecule has 0 aromatic heterocycles. The lowest BCUT2D eigenvalue weighted by atomic mass is 9.92. The van der Waals surface area contributed by atoms with Gasteiger partial charge in [0, 0.05) is 6.42 Å². The molecule has 0 aliphatic carbocycles. The lowest BCUT2D eigenvalue weighted by Gasteiger charge is -2.35. The molecular weight excluding hydrogens is 334 g/mol. The number of methoxy groups -OCH3 is 1. The molecule has 140 valence electrons. The zero-order valence-corrected chi connectivity index (χ0v) is 15.6. The highest BCUT2D eigenvalue weighted by atomic mass is 16.5. The highest BCUT2D eigenvalue weighted by Crippen LogP contribution is 2.24. The number of ether oxygens (including phenoxy) is 1. The summed E-state index contributed by atoms with van der Waals surface area (Å²) < 4.78 is 4.69. The van der Waals surface area contributed by atoms with Gasteiger partial charge < -0.3 is 10.1 Å². The molecular formula is C19H25N3O4. The van der Waals surface area contributed by atoms with Crippen LogP contribution in [0.1, 0.15) is 38.3 Å².